The molecule has 2 N–H and O–H groups in total. The van der Waals surface area contributed by atoms with Crippen LogP contribution in [0.4, 0.5) is 0 Å². The van der Waals surface area contributed by atoms with E-state index in [1.54, 1.807) is 12.3 Å². The van der Waals surface area contributed by atoms with Gasteiger partial charge in [0.15, 0.2) is 0 Å². The molecular formula is C52H52Cl2N4O5. The Balaban J connectivity index is 0.997. The Hall–Kier alpha value is -5.71. The number of carbonyl (C=O) groups excluding carboxylic acids is 1. The number of hydrogen-bond acceptors (Lipinski definition) is 7. The standard InChI is InChI=1S/C52H52Cl2N4O5/c1-5-48(38-17-20-44(53)45(54)25-38)62-42-18-15-37(16-19-42)50-31-57(4)29-41-24-39-26-47(58(28-35-9-7-6-8-10-35)30-40(39)27-49(41)63-50)51(59)56-46(52(60)61)23-34-11-13-36(14-12-34)43-21-22-55-33(3)32(43)2/h6-22,24-25,27,46-48,50H,5,23,26,28-31H2,1-4H3,(H,56,59)(H,60,61)/t46-,47-,48+,50+/m0/s1. The predicted octanol–water partition coefficient (Wildman–Crippen LogP) is 10.5. The van der Waals surface area contributed by atoms with Gasteiger partial charge in [0.2, 0.25) is 5.91 Å². The Bertz CT molecular complexity index is 2590. The molecule has 11 heteroatoms. The average molecular weight is 884 g/mol. The lowest BCUT2D eigenvalue weighted by atomic mass is 9.90. The summed E-state index contributed by atoms with van der Waals surface area (Å²) in [6.45, 7) is 8.47. The van der Waals surface area contributed by atoms with Gasteiger partial charge in [-0.25, -0.2) is 4.79 Å². The number of ether oxygens (including phenoxy) is 2. The number of pyridine rings is 1. The molecule has 6 aromatic rings. The summed E-state index contributed by atoms with van der Waals surface area (Å²) in [7, 11) is 2.09. The second kappa shape index (κ2) is 19.4. The minimum Gasteiger partial charge on any atom is -0.486 e. The lowest BCUT2D eigenvalue weighted by Gasteiger charge is -2.37. The van der Waals surface area contributed by atoms with Crippen molar-refractivity contribution in [1.29, 1.82) is 0 Å². The fourth-order valence-corrected chi connectivity index (χ4v) is 9.01. The molecule has 0 unspecified atom stereocenters. The van der Waals surface area contributed by atoms with Gasteiger partial charge in [0.05, 0.1) is 16.1 Å². The third-order valence-corrected chi connectivity index (χ3v) is 13.1. The zero-order valence-corrected chi connectivity index (χ0v) is 37.5. The van der Waals surface area contributed by atoms with Gasteiger partial charge in [0.1, 0.15) is 29.7 Å². The number of carbonyl (C=O) groups is 2. The molecule has 324 valence electrons. The summed E-state index contributed by atoms with van der Waals surface area (Å²) in [4.78, 5) is 35.8. The summed E-state index contributed by atoms with van der Waals surface area (Å²) in [5, 5.41) is 14.3. The molecule has 1 amide bonds. The Morgan fingerprint density at radius 2 is 1.63 bits per heavy atom. The molecule has 0 spiro atoms. The number of benzene rings is 5. The number of rotatable bonds is 13. The molecule has 8 rings (SSSR count). The second-order valence-corrected chi connectivity index (χ2v) is 17.6. The zero-order chi connectivity index (χ0) is 44.2. The van der Waals surface area contributed by atoms with Gasteiger partial charge in [-0.2, -0.15) is 0 Å². The SMILES string of the molecule is CC[C@@H](Oc1ccc([C@H]2CN(C)Cc3cc4c(cc3O2)CN(Cc2ccccc2)[C@H](C(=O)N[C@@H](Cc2ccc(-c3ccnc(C)c3C)cc2)C(=O)O)C4)cc1)c1ccc(Cl)c(Cl)c1. The number of fused-ring (bicyclic) bond motifs is 2. The molecular weight excluding hydrogens is 832 g/mol. The number of carboxylic acid groups (broad SMARTS) is 1. The van der Waals surface area contributed by atoms with Crippen LogP contribution < -0.4 is 14.8 Å². The largest absolute Gasteiger partial charge is 0.486 e. The van der Waals surface area contributed by atoms with Crippen LogP contribution in [0.3, 0.4) is 0 Å². The molecule has 1 aromatic heterocycles. The van der Waals surface area contributed by atoms with Crippen LogP contribution in [-0.4, -0.2) is 57.4 Å². The quantitative estimate of drug-likeness (QED) is 0.118. The van der Waals surface area contributed by atoms with Gasteiger partial charge in [0, 0.05) is 50.1 Å². The van der Waals surface area contributed by atoms with Crippen LogP contribution in [0.1, 0.15) is 75.8 Å². The third-order valence-electron chi connectivity index (χ3n) is 12.3. The first-order chi connectivity index (χ1) is 30.4. The maximum atomic E-state index is 14.3. The monoisotopic (exact) mass is 882 g/mol. The van der Waals surface area contributed by atoms with Crippen LogP contribution >= 0.6 is 23.2 Å². The van der Waals surface area contributed by atoms with Crippen molar-refractivity contribution < 1.29 is 24.2 Å². The number of aryl methyl sites for hydroxylation is 1. The van der Waals surface area contributed by atoms with E-state index in [-0.39, 0.29) is 24.5 Å². The number of halogens is 2. The van der Waals surface area contributed by atoms with E-state index in [0.29, 0.717) is 42.6 Å². The lowest BCUT2D eigenvalue weighted by Crippen LogP contribution is -2.54. The van der Waals surface area contributed by atoms with Crippen LogP contribution in [0, 0.1) is 13.8 Å². The Labute approximate surface area is 379 Å². The van der Waals surface area contributed by atoms with Gasteiger partial charge < -0.3 is 19.9 Å². The van der Waals surface area contributed by atoms with E-state index in [9.17, 15) is 14.7 Å². The Morgan fingerprint density at radius 1 is 0.873 bits per heavy atom. The summed E-state index contributed by atoms with van der Waals surface area (Å²) >= 11 is 12.5. The molecule has 0 saturated carbocycles. The highest BCUT2D eigenvalue weighted by molar-refractivity contribution is 6.42. The minimum absolute atomic E-state index is 0.157. The molecule has 2 aliphatic heterocycles. The number of likely N-dealkylation sites (N-methyl/N-ethyl adjacent to an activating group) is 1. The number of amides is 1. The van der Waals surface area contributed by atoms with Crippen LogP contribution in [-0.2, 0) is 42.1 Å². The van der Waals surface area contributed by atoms with E-state index < -0.39 is 18.1 Å². The van der Waals surface area contributed by atoms with Gasteiger partial charge in [-0.15, -0.1) is 0 Å². The zero-order valence-electron chi connectivity index (χ0n) is 36.0. The predicted molar refractivity (Wildman–Crippen MR) is 248 cm³/mol. The molecule has 5 aromatic carbocycles. The molecule has 4 atom stereocenters. The third kappa shape index (κ3) is 10.2. The van der Waals surface area contributed by atoms with Crippen molar-refractivity contribution in [3.05, 3.63) is 182 Å². The van der Waals surface area contributed by atoms with E-state index in [4.69, 9.17) is 32.7 Å². The lowest BCUT2D eigenvalue weighted by molar-refractivity contribution is -0.142. The highest BCUT2D eigenvalue weighted by Crippen LogP contribution is 2.38. The Kier molecular flexibility index (Phi) is 13.5. The van der Waals surface area contributed by atoms with E-state index in [2.05, 4.69) is 70.5 Å². The fourth-order valence-electron chi connectivity index (χ4n) is 8.70. The number of nitrogens with one attached hydrogen (secondary N) is 1. The molecule has 3 heterocycles. The molecule has 0 bridgehead atoms. The van der Waals surface area contributed by atoms with Crippen molar-refractivity contribution >= 4 is 35.1 Å². The first-order valence-corrected chi connectivity index (χ1v) is 22.2. The topological polar surface area (TPSA) is 104 Å². The highest BCUT2D eigenvalue weighted by Gasteiger charge is 2.35. The Morgan fingerprint density at radius 3 is 2.35 bits per heavy atom. The number of aliphatic carboxylic acids is 1. The fraction of sp³-hybridized carbons (Fsp3) is 0.288. The van der Waals surface area contributed by atoms with Crippen molar-refractivity contribution in [3.63, 3.8) is 0 Å². The molecule has 0 fully saturated rings. The van der Waals surface area contributed by atoms with Crippen LogP contribution in [0.25, 0.3) is 11.1 Å². The van der Waals surface area contributed by atoms with Crippen molar-refractivity contribution in [1.82, 2.24) is 20.1 Å². The second-order valence-electron chi connectivity index (χ2n) is 16.8. The van der Waals surface area contributed by atoms with E-state index in [1.807, 2.05) is 86.6 Å². The number of carboxylic acids is 1. The smallest absolute Gasteiger partial charge is 0.326 e. The van der Waals surface area contributed by atoms with Gasteiger partial charge in [-0.05, 0) is 120 Å². The minimum atomic E-state index is -1.10. The molecule has 0 aliphatic carbocycles. The molecule has 0 saturated heterocycles. The number of aromatic nitrogens is 1. The van der Waals surface area contributed by atoms with Crippen molar-refractivity contribution in [2.75, 3.05) is 13.6 Å². The van der Waals surface area contributed by atoms with Crippen LogP contribution in [0.15, 0.2) is 121 Å². The normalized spacial score (nSPS) is 17.4. The summed E-state index contributed by atoms with van der Waals surface area (Å²) in [5.74, 6) is 0.194. The van der Waals surface area contributed by atoms with Crippen molar-refractivity contribution in [3.8, 4) is 22.6 Å². The molecule has 0 radical (unpaired) electrons. The molecule has 63 heavy (non-hydrogen) atoms. The summed E-state index contributed by atoms with van der Waals surface area (Å²) in [6.07, 6.45) is 2.75. The summed E-state index contributed by atoms with van der Waals surface area (Å²) in [5.41, 5.74) is 11.3. The maximum Gasteiger partial charge on any atom is 0.326 e. The van der Waals surface area contributed by atoms with Crippen LogP contribution in [0.2, 0.25) is 10.0 Å². The summed E-state index contributed by atoms with van der Waals surface area (Å²) < 4.78 is 13.2. The highest BCUT2D eigenvalue weighted by atomic mass is 35.5. The number of nitrogens with zero attached hydrogens (tertiary/aromatic N) is 3. The van der Waals surface area contributed by atoms with Gasteiger partial charge in [-0.3, -0.25) is 19.6 Å². The number of hydrogen-bond donors (Lipinski definition) is 2. The van der Waals surface area contributed by atoms with Crippen LogP contribution in [0.5, 0.6) is 11.5 Å². The average Bonchev–Trinajstić information content (AvgIpc) is 3.44. The van der Waals surface area contributed by atoms with E-state index in [1.165, 1.54) is 0 Å². The van der Waals surface area contributed by atoms with E-state index in [0.717, 1.165) is 79.2 Å². The summed E-state index contributed by atoms with van der Waals surface area (Å²) in [6, 6.07) is 36.3. The van der Waals surface area contributed by atoms with Gasteiger partial charge >= 0.3 is 5.97 Å². The first kappa shape index (κ1) is 43.9. The maximum absolute atomic E-state index is 14.3. The molecule has 2 aliphatic rings. The van der Waals surface area contributed by atoms with Gasteiger partial charge in [0.25, 0.3) is 0 Å². The first-order valence-electron chi connectivity index (χ1n) is 21.5. The van der Waals surface area contributed by atoms with Gasteiger partial charge in [-0.1, -0.05) is 109 Å². The van der Waals surface area contributed by atoms with Crippen molar-refractivity contribution in [2.45, 2.75) is 84.0 Å². The molecule has 9 nitrogen and oxygen atoms in total. The van der Waals surface area contributed by atoms with E-state index >= 15 is 0 Å². The van der Waals surface area contributed by atoms with Crippen molar-refractivity contribution in [2.24, 2.45) is 0 Å².